The van der Waals surface area contributed by atoms with Crippen LogP contribution in [0.3, 0.4) is 0 Å². The molecule has 1 unspecified atom stereocenters. The van der Waals surface area contributed by atoms with E-state index in [1.165, 1.54) is 4.90 Å². The van der Waals surface area contributed by atoms with Gasteiger partial charge in [0.25, 0.3) is 0 Å². The van der Waals surface area contributed by atoms with Gasteiger partial charge < -0.3 is 24.8 Å². The molecule has 9 heteroatoms. The fraction of sp³-hybridized carbons (Fsp3) is 0.875. The summed E-state index contributed by atoms with van der Waals surface area (Å²) in [4.78, 5) is 41.9. The number of aliphatic hydroxyl groups is 1. The number of alkyl halides is 1. The molecule has 2 N–H and O–H groups in total. The molecule has 3 rings (SSSR count). The largest absolute Gasteiger partial charge is 0.466 e. The van der Waals surface area contributed by atoms with Crippen LogP contribution < -0.4 is 5.32 Å². The lowest BCUT2D eigenvalue weighted by Crippen LogP contribution is -2.61. The van der Waals surface area contributed by atoms with E-state index in [1.807, 2.05) is 20.8 Å². The van der Waals surface area contributed by atoms with Gasteiger partial charge in [-0.25, -0.2) is 0 Å². The Hall–Kier alpha value is -1.19. The van der Waals surface area contributed by atoms with Crippen LogP contribution in [0.15, 0.2) is 0 Å². The molecule has 0 saturated carbocycles. The Morgan fingerprint density at radius 2 is 1.94 bits per heavy atom. The van der Waals surface area contributed by atoms with Crippen molar-refractivity contribution in [3.63, 3.8) is 0 Å². The lowest BCUT2D eigenvalue weighted by atomic mass is 9.70. The van der Waals surface area contributed by atoms with Crippen LogP contribution in [0.5, 0.6) is 0 Å². The van der Waals surface area contributed by atoms with E-state index in [2.05, 4.69) is 42.0 Å². The highest BCUT2D eigenvalue weighted by Gasteiger charge is 2.77. The maximum absolute atomic E-state index is 13.9. The third-order valence-electron chi connectivity index (χ3n) is 7.04. The molecule has 3 saturated heterocycles. The Labute approximate surface area is 205 Å². The number of nitrogens with one attached hydrogen (secondary N) is 1. The zero-order valence-electron chi connectivity index (χ0n) is 20.8. The topological polar surface area (TPSA) is 105 Å². The first kappa shape index (κ1) is 26.4. The van der Waals surface area contributed by atoms with Crippen LogP contribution in [-0.2, 0) is 23.9 Å². The normalized spacial score (nSPS) is 34.4. The van der Waals surface area contributed by atoms with Crippen molar-refractivity contribution < 1.29 is 29.0 Å². The van der Waals surface area contributed by atoms with Gasteiger partial charge in [-0.1, -0.05) is 43.6 Å². The number of nitrogens with zero attached hydrogens (tertiary/aromatic N) is 1. The summed E-state index contributed by atoms with van der Waals surface area (Å²) in [5.41, 5.74) is -1.68. The summed E-state index contributed by atoms with van der Waals surface area (Å²) < 4.78 is 11.7. The molecule has 188 valence electrons. The number of carbonyl (C=O) groups is 3. The lowest BCUT2D eigenvalue weighted by Gasteiger charge is -2.40. The first-order valence-electron chi connectivity index (χ1n) is 12.0. The molecule has 8 nitrogen and oxygen atoms in total. The van der Waals surface area contributed by atoms with Gasteiger partial charge in [0.15, 0.2) is 0 Å². The fourth-order valence-electron chi connectivity index (χ4n) is 6.45. The number of hydrogen-bond donors (Lipinski definition) is 2. The standard InChI is InChI=1S/C24H39BrN2O6/c1-8-13(11-28)27-18(19(29)26-23(6,7)12-22(3,4)5)24-10-14(25)17(33-24)15(16(24)20(27)30)21(31)32-9-2/h13-18,28H,8-12H2,1-7H3,(H,26,29)/t13-,14?,15+,16-,17+,18+,24-/m0/s1. The lowest BCUT2D eigenvalue weighted by molar-refractivity contribution is -0.155. The number of hydrogen-bond acceptors (Lipinski definition) is 6. The van der Waals surface area contributed by atoms with Crippen LogP contribution in [-0.4, -0.2) is 75.2 Å². The molecule has 7 atom stereocenters. The van der Waals surface area contributed by atoms with E-state index in [9.17, 15) is 19.5 Å². The molecule has 33 heavy (non-hydrogen) atoms. The minimum Gasteiger partial charge on any atom is -0.466 e. The summed E-state index contributed by atoms with van der Waals surface area (Å²) in [6, 6.07) is -1.48. The predicted molar refractivity (Wildman–Crippen MR) is 127 cm³/mol. The average Bonchev–Trinajstić information content (AvgIpc) is 3.24. The second kappa shape index (κ2) is 9.11. The molecular weight excluding hydrogens is 492 g/mol. The molecule has 0 aromatic heterocycles. The smallest absolute Gasteiger partial charge is 0.312 e. The summed E-state index contributed by atoms with van der Waals surface area (Å²) in [5.74, 6) is -2.69. The summed E-state index contributed by atoms with van der Waals surface area (Å²) >= 11 is 3.63. The number of halogens is 1. The molecule has 2 bridgehead atoms. The first-order valence-corrected chi connectivity index (χ1v) is 12.9. The Morgan fingerprint density at radius 1 is 1.30 bits per heavy atom. The summed E-state index contributed by atoms with van der Waals surface area (Å²) in [6.45, 7) is 13.8. The van der Waals surface area contributed by atoms with Crippen LogP contribution >= 0.6 is 15.9 Å². The van der Waals surface area contributed by atoms with Gasteiger partial charge in [-0.15, -0.1) is 0 Å². The van der Waals surface area contributed by atoms with Crippen molar-refractivity contribution in [1.82, 2.24) is 10.2 Å². The molecule has 1 spiro atoms. The number of aliphatic hydroxyl groups excluding tert-OH is 1. The molecule has 3 fully saturated rings. The maximum atomic E-state index is 13.9. The number of rotatable bonds is 8. The third-order valence-corrected chi connectivity index (χ3v) is 7.89. The SMILES string of the molecule is CCOC(=O)[C@H]1[C@@H]2O[C@@]3(CC2Br)[C@@H]1C(=O)N([C@@H](CC)CO)[C@@H]3C(=O)NC(C)(C)CC(C)(C)C. The first-order chi connectivity index (χ1) is 15.2. The Kier molecular flexibility index (Phi) is 7.30. The van der Waals surface area contributed by atoms with Crippen molar-refractivity contribution in [2.75, 3.05) is 13.2 Å². The van der Waals surface area contributed by atoms with E-state index in [4.69, 9.17) is 9.47 Å². The number of ether oxygens (including phenoxy) is 2. The van der Waals surface area contributed by atoms with Crippen molar-refractivity contribution in [2.45, 2.75) is 102 Å². The highest BCUT2D eigenvalue weighted by atomic mass is 79.9. The molecule has 2 amide bonds. The van der Waals surface area contributed by atoms with Crippen LogP contribution in [0.2, 0.25) is 0 Å². The summed E-state index contributed by atoms with van der Waals surface area (Å²) in [7, 11) is 0. The Morgan fingerprint density at radius 3 is 2.45 bits per heavy atom. The highest BCUT2D eigenvalue weighted by molar-refractivity contribution is 9.09. The second-order valence-corrected chi connectivity index (χ2v) is 12.7. The fourth-order valence-corrected chi connectivity index (χ4v) is 7.40. The number of esters is 1. The number of carbonyl (C=O) groups excluding carboxylic acids is 3. The van der Waals surface area contributed by atoms with E-state index in [-0.39, 0.29) is 35.3 Å². The molecule has 0 radical (unpaired) electrons. The van der Waals surface area contributed by atoms with Crippen molar-refractivity contribution in [3.8, 4) is 0 Å². The van der Waals surface area contributed by atoms with Crippen LogP contribution in [0.4, 0.5) is 0 Å². The average molecular weight is 531 g/mol. The maximum Gasteiger partial charge on any atom is 0.312 e. The summed E-state index contributed by atoms with van der Waals surface area (Å²) in [6.07, 6.45) is 1.11. The van der Waals surface area contributed by atoms with Gasteiger partial charge in [0, 0.05) is 10.4 Å². The quantitative estimate of drug-likeness (QED) is 0.368. The van der Waals surface area contributed by atoms with E-state index in [1.54, 1.807) is 6.92 Å². The van der Waals surface area contributed by atoms with Gasteiger partial charge in [-0.2, -0.15) is 0 Å². The van der Waals surface area contributed by atoms with E-state index < -0.39 is 47.1 Å². The predicted octanol–water partition coefficient (Wildman–Crippen LogP) is 2.40. The third kappa shape index (κ3) is 4.57. The van der Waals surface area contributed by atoms with Crippen molar-refractivity contribution in [2.24, 2.45) is 17.3 Å². The Bertz CT molecular complexity index is 792. The zero-order valence-corrected chi connectivity index (χ0v) is 22.4. The molecule has 0 aliphatic carbocycles. The highest BCUT2D eigenvalue weighted by Crippen LogP contribution is 2.60. The number of likely N-dealkylation sites (tertiary alicyclic amines) is 1. The van der Waals surface area contributed by atoms with Gasteiger partial charge in [0.05, 0.1) is 37.2 Å². The molecule has 0 aromatic carbocycles. The molecular formula is C24H39BrN2O6. The van der Waals surface area contributed by atoms with Crippen molar-refractivity contribution in [1.29, 1.82) is 0 Å². The van der Waals surface area contributed by atoms with Crippen LogP contribution in [0.1, 0.15) is 67.7 Å². The number of fused-ring (bicyclic) bond motifs is 1. The van der Waals surface area contributed by atoms with Crippen LogP contribution in [0.25, 0.3) is 0 Å². The van der Waals surface area contributed by atoms with Crippen LogP contribution in [0, 0.1) is 17.3 Å². The van der Waals surface area contributed by atoms with E-state index in [0.717, 1.165) is 6.42 Å². The zero-order chi connectivity index (χ0) is 24.9. The molecule has 3 heterocycles. The summed E-state index contributed by atoms with van der Waals surface area (Å²) in [5, 5.41) is 13.2. The van der Waals surface area contributed by atoms with Gasteiger partial charge in [-0.05, 0) is 45.4 Å². The minimum absolute atomic E-state index is 0.0158. The number of amides is 2. The Balaban J connectivity index is 2.04. The molecule has 3 aliphatic rings. The molecule has 0 aromatic rings. The second-order valence-electron chi connectivity index (χ2n) is 11.5. The van der Waals surface area contributed by atoms with Gasteiger partial charge in [0.2, 0.25) is 11.8 Å². The van der Waals surface area contributed by atoms with Crippen molar-refractivity contribution in [3.05, 3.63) is 0 Å². The van der Waals surface area contributed by atoms with Gasteiger partial charge >= 0.3 is 5.97 Å². The van der Waals surface area contributed by atoms with Gasteiger partial charge in [0.1, 0.15) is 11.6 Å². The molecule has 3 aliphatic heterocycles. The van der Waals surface area contributed by atoms with Gasteiger partial charge in [-0.3, -0.25) is 14.4 Å². The minimum atomic E-state index is -1.14. The van der Waals surface area contributed by atoms with E-state index in [0.29, 0.717) is 12.8 Å². The monoisotopic (exact) mass is 530 g/mol. The van der Waals surface area contributed by atoms with Crippen molar-refractivity contribution >= 4 is 33.7 Å². The van der Waals surface area contributed by atoms with E-state index >= 15 is 0 Å².